The number of aromatic hydroxyl groups is 1. The van der Waals surface area contributed by atoms with Crippen molar-refractivity contribution in [2.24, 2.45) is 5.73 Å². The molecule has 1 aromatic rings. The molecule has 0 aromatic heterocycles. The molecule has 1 aliphatic heterocycles. The van der Waals surface area contributed by atoms with Gasteiger partial charge in [0.1, 0.15) is 17.1 Å². The van der Waals surface area contributed by atoms with Crippen molar-refractivity contribution in [1.82, 2.24) is 10.2 Å². The number of amides is 1. The number of carbonyl (C=O) groups excluding carboxylic acids is 1. The Hall–Kier alpha value is -1.99. The van der Waals surface area contributed by atoms with E-state index in [1.165, 1.54) is 19.2 Å². The van der Waals surface area contributed by atoms with Gasteiger partial charge in [-0.2, -0.15) is 11.8 Å². The van der Waals surface area contributed by atoms with E-state index in [-0.39, 0.29) is 35.4 Å². The average Bonchev–Trinajstić information content (AvgIpc) is 3.18. The van der Waals surface area contributed by atoms with Gasteiger partial charge in [-0.25, -0.2) is 4.79 Å². The van der Waals surface area contributed by atoms with Crippen LogP contribution in [0.3, 0.4) is 0 Å². The summed E-state index contributed by atoms with van der Waals surface area (Å²) in [6, 6.07) is 3.06. The molecule has 10 nitrogen and oxygen atoms in total. The number of ether oxygens (including phenoxy) is 1. The first kappa shape index (κ1) is 24.3. The maximum absolute atomic E-state index is 12.5. The standard InChI is InChI=1S/C18H28BN3O7S/c1-29-13-3-2-11(17(24)16(13)18(25)26)8-14(19(27)28)30-10-15(23)22-7-4-12(9-22)21-6-5-20/h2-3,12,14,21,24,27-28H,4-10,20H2,1H3,(H,25,26)/t12?,14-/m0/s1. The summed E-state index contributed by atoms with van der Waals surface area (Å²) in [5, 5.41) is 41.5. The van der Waals surface area contributed by atoms with Gasteiger partial charge >= 0.3 is 13.1 Å². The van der Waals surface area contributed by atoms with Crippen molar-refractivity contribution in [3.8, 4) is 11.5 Å². The summed E-state index contributed by atoms with van der Waals surface area (Å²) in [4.78, 5) is 25.6. The van der Waals surface area contributed by atoms with Crippen molar-refractivity contribution in [2.45, 2.75) is 24.0 Å². The zero-order valence-corrected chi connectivity index (χ0v) is 17.6. The predicted octanol–water partition coefficient (Wildman–Crippen LogP) is -1.10. The van der Waals surface area contributed by atoms with Crippen molar-refractivity contribution >= 4 is 30.8 Å². The lowest BCUT2D eigenvalue weighted by Gasteiger charge is -2.20. The molecule has 1 saturated heterocycles. The number of nitrogens with zero attached hydrogens (tertiary/aromatic N) is 1. The topological polar surface area (TPSA) is 166 Å². The van der Waals surface area contributed by atoms with Crippen LogP contribution in [0.2, 0.25) is 0 Å². The van der Waals surface area contributed by atoms with Crippen LogP contribution in [0.4, 0.5) is 0 Å². The van der Waals surface area contributed by atoms with Crippen LogP contribution >= 0.6 is 11.8 Å². The van der Waals surface area contributed by atoms with E-state index in [0.717, 1.165) is 18.2 Å². The van der Waals surface area contributed by atoms with Crippen molar-refractivity contribution in [3.63, 3.8) is 0 Å². The van der Waals surface area contributed by atoms with E-state index in [1.54, 1.807) is 4.90 Å². The predicted molar refractivity (Wildman–Crippen MR) is 114 cm³/mol. The highest BCUT2D eigenvalue weighted by molar-refractivity contribution is 8.01. The maximum atomic E-state index is 12.5. The second kappa shape index (κ2) is 11.4. The van der Waals surface area contributed by atoms with E-state index < -0.39 is 29.5 Å². The third-order valence-electron chi connectivity index (χ3n) is 4.95. The number of hydrogen-bond donors (Lipinski definition) is 6. The van der Waals surface area contributed by atoms with E-state index in [0.29, 0.717) is 26.2 Å². The van der Waals surface area contributed by atoms with Gasteiger partial charge in [-0.1, -0.05) is 6.07 Å². The van der Waals surface area contributed by atoms with E-state index in [1.807, 2.05) is 0 Å². The molecular formula is C18H28BN3O7S. The number of rotatable bonds is 11. The van der Waals surface area contributed by atoms with E-state index in [9.17, 15) is 29.9 Å². The first-order chi connectivity index (χ1) is 14.3. The Morgan fingerprint density at radius 1 is 1.43 bits per heavy atom. The van der Waals surface area contributed by atoms with Crippen molar-refractivity contribution in [3.05, 3.63) is 23.3 Å². The number of carboxylic acids is 1. The summed E-state index contributed by atoms with van der Waals surface area (Å²) in [5.41, 5.74) is 5.30. The normalized spacial score (nSPS) is 17.1. The summed E-state index contributed by atoms with van der Waals surface area (Å²) in [6.07, 6.45) is 0.798. The Labute approximate surface area is 179 Å². The van der Waals surface area contributed by atoms with E-state index >= 15 is 0 Å². The van der Waals surface area contributed by atoms with Crippen molar-refractivity contribution in [2.75, 3.05) is 39.0 Å². The highest BCUT2D eigenvalue weighted by Gasteiger charge is 2.30. The van der Waals surface area contributed by atoms with Crippen LogP contribution in [0.1, 0.15) is 22.3 Å². The number of likely N-dealkylation sites (tertiary alicyclic amines) is 1. The Bertz CT molecular complexity index is 753. The van der Waals surface area contributed by atoms with Crippen LogP contribution in [0, 0.1) is 0 Å². The molecule has 1 aromatic carbocycles. The van der Waals surface area contributed by atoms with E-state index in [4.69, 9.17) is 10.5 Å². The summed E-state index contributed by atoms with van der Waals surface area (Å²) in [6.45, 7) is 2.41. The summed E-state index contributed by atoms with van der Waals surface area (Å²) in [7, 11) is -0.466. The molecule has 12 heteroatoms. The van der Waals surface area contributed by atoms with Gasteiger partial charge in [0, 0.05) is 37.4 Å². The molecule has 1 fully saturated rings. The third kappa shape index (κ3) is 6.25. The molecule has 2 atom stereocenters. The molecule has 1 heterocycles. The van der Waals surface area contributed by atoms with Gasteiger partial charge in [-0.3, -0.25) is 4.79 Å². The third-order valence-corrected chi connectivity index (χ3v) is 6.20. The molecule has 2 rings (SSSR count). The Morgan fingerprint density at radius 2 is 2.17 bits per heavy atom. The number of phenols is 1. The number of methoxy groups -OCH3 is 1. The minimum atomic E-state index is -1.75. The first-order valence-electron chi connectivity index (χ1n) is 9.59. The fourth-order valence-electron chi connectivity index (χ4n) is 3.33. The maximum Gasteiger partial charge on any atom is 0.465 e. The summed E-state index contributed by atoms with van der Waals surface area (Å²) in [5.74, 6) is -1.93. The summed E-state index contributed by atoms with van der Waals surface area (Å²) < 4.78 is 4.96. The van der Waals surface area contributed by atoms with Crippen LogP contribution in [0.15, 0.2) is 12.1 Å². The van der Waals surface area contributed by atoms with Gasteiger partial charge < -0.3 is 40.9 Å². The van der Waals surface area contributed by atoms with Gasteiger partial charge in [-0.15, -0.1) is 0 Å². The molecular weight excluding hydrogens is 413 g/mol. The van der Waals surface area contributed by atoms with Crippen LogP contribution in [-0.4, -0.2) is 94.4 Å². The molecule has 7 N–H and O–H groups in total. The van der Waals surface area contributed by atoms with E-state index in [2.05, 4.69) is 5.32 Å². The minimum Gasteiger partial charge on any atom is -0.507 e. The molecule has 166 valence electrons. The highest BCUT2D eigenvalue weighted by Crippen LogP contribution is 2.33. The smallest absolute Gasteiger partial charge is 0.465 e. The fraction of sp³-hybridized carbons (Fsp3) is 0.556. The lowest BCUT2D eigenvalue weighted by molar-refractivity contribution is -0.127. The first-order valence-corrected chi connectivity index (χ1v) is 10.6. The second-order valence-electron chi connectivity index (χ2n) is 6.99. The quantitative estimate of drug-likeness (QED) is 0.232. The number of thioether (sulfide) groups is 1. The number of carbonyl (C=O) groups is 2. The number of nitrogens with one attached hydrogen (secondary N) is 1. The molecule has 30 heavy (non-hydrogen) atoms. The number of benzene rings is 1. The van der Waals surface area contributed by atoms with Crippen LogP contribution < -0.4 is 15.8 Å². The molecule has 0 radical (unpaired) electrons. The second-order valence-corrected chi connectivity index (χ2v) is 8.22. The number of aromatic carboxylic acids is 1. The van der Waals surface area contributed by atoms with Gasteiger partial charge in [0.05, 0.1) is 12.9 Å². The number of hydrogen-bond acceptors (Lipinski definition) is 9. The number of nitrogens with two attached hydrogens (primary N) is 1. The zero-order valence-electron chi connectivity index (χ0n) is 16.8. The number of carboxylic acid groups (broad SMARTS) is 1. The molecule has 1 unspecified atom stereocenters. The van der Waals surface area contributed by atoms with Gasteiger partial charge in [-0.05, 0) is 24.5 Å². The van der Waals surface area contributed by atoms with Crippen molar-refractivity contribution in [1.29, 1.82) is 0 Å². The average molecular weight is 441 g/mol. The van der Waals surface area contributed by atoms with Crippen molar-refractivity contribution < 1.29 is 34.6 Å². The van der Waals surface area contributed by atoms with Crippen LogP contribution in [-0.2, 0) is 11.2 Å². The largest absolute Gasteiger partial charge is 0.507 e. The Morgan fingerprint density at radius 3 is 2.77 bits per heavy atom. The molecule has 1 amide bonds. The monoisotopic (exact) mass is 441 g/mol. The van der Waals surface area contributed by atoms with Crippen LogP contribution in [0.5, 0.6) is 11.5 Å². The summed E-state index contributed by atoms with van der Waals surface area (Å²) >= 11 is 1.05. The lowest BCUT2D eigenvalue weighted by atomic mass is 9.81. The fourth-order valence-corrected chi connectivity index (χ4v) is 4.34. The zero-order chi connectivity index (χ0) is 22.3. The molecule has 0 saturated carbocycles. The highest BCUT2D eigenvalue weighted by atomic mass is 32.2. The van der Waals surface area contributed by atoms with Gasteiger partial charge in [0.15, 0.2) is 0 Å². The minimum absolute atomic E-state index is 0.000453. The molecule has 1 aliphatic rings. The Balaban J connectivity index is 2.00. The lowest BCUT2D eigenvalue weighted by Crippen LogP contribution is -2.38. The van der Waals surface area contributed by atoms with Gasteiger partial charge in [0.25, 0.3) is 0 Å². The SMILES string of the molecule is COc1ccc(C[C@H](SCC(=O)N2CCC(NCCN)C2)B(O)O)c(O)c1C(=O)O. The van der Waals surface area contributed by atoms with Gasteiger partial charge in [0.2, 0.25) is 5.91 Å². The molecule has 0 bridgehead atoms. The molecule has 0 spiro atoms. The molecule has 0 aliphatic carbocycles. The Kier molecular flexibility index (Phi) is 9.24. The van der Waals surface area contributed by atoms with Crippen LogP contribution in [0.25, 0.3) is 0 Å².